The molecule has 12 nitrogen and oxygen atoms in total. The van der Waals surface area contributed by atoms with Crippen LogP contribution in [0.3, 0.4) is 0 Å². The number of carbonyl (C=O) groups is 1. The molecule has 1 unspecified atom stereocenters. The van der Waals surface area contributed by atoms with Crippen LogP contribution in [0.25, 0.3) is 17.2 Å². The number of nitrogens with one attached hydrogen (secondary N) is 3. The van der Waals surface area contributed by atoms with Crippen LogP contribution >= 0.6 is 21.6 Å². The fourth-order valence-electron chi connectivity index (χ4n) is 15.6. The minimum Gasteiger partial charge on any atom is -0.508 e. The number of methoxy groups -OCH3 is 2. The van der Waals surface area contributed by atoms with Gasteiger partial charge in [0.15, 0.2) is 11.5 Å². The summed E-state index contributed by atoms with van der Waals surface area (Å²) >= 11 is 0. The standard InChI is InChI=1S/C69H78N4O8S2/c1-5-44-30-46-27-42-23-25-69(33-42)34-47-31-49(75)32-57(78-4)59(47)51-19-18-50-54(37-79-39(2)74)64(80-65(50)62(51)69)61-52-20-22-56-67(58(29-40-11-7-6-8-12-40)83-82-38-43-14-10-16-48(28-43)72-56)81-66(52)63(76)53-35-71-26-24-41(36-77-3)13-9-15-45(60(53)61)17-21-55(46)73-68(44)70/h6-8,11-12,18-20,22,30-32,41-43,45,48,54,56,58,64,67-68,71-73,75-76H,5,10,13-14,16,23-29,33-38,70H2,1-4H3/t41-,42+,43+,45-,48+,54+,56+,58+,64+,67+,68?,69-/m1/s1. The molecule has 4 aromatic rings. The minimum atomic E-state index is -0.771. The fourth-order valence-corrected chi connectivity index (χ4v) is 18.8. The topological polar surface area (TPSA) is 166 Å². The fraction of sp³-hybridized carbons (Fsp3) is 0.493. The second-order valence-corrected chi connectivity index (χ2v) is 27.4. The Morgan fingerprint density at radius 3 is 2.70 bits per heavy atom. The SMILES string of the molecule is CCC1=CC2=C(C#C[C@H]3C#CC[C@@H](COC)CCNCc4c(O)c5c(c(c43)[C@H]3Oc4c(ccc6c4[C@@]4(CC[C@@H](C2)C4)Cc2cc(O)cc(OC)c2-6)[C@@H]3COC(C)=O)C=C[C@@H]2N[C@H]3CCC[C@H](CSS[C@@H](Cc4ccccc4)[C@H]2O5)C3)NC1N. The number of aromatic hydroxyl groups is 2. The Morgan fingerprint density at radius 2 is 1.87 bits per heavy atom. The number of fused-ring (bicyclic) bond motifs is 10. The molecular weight excluding hydrogens is 1080 g/mol. The summed E-state index contributed by atoms with van der Waals surface area (Å²) in [4.78, 5) is 13.3. The number of nitrogens with two attached hydrogens (primary N) is 1. The highest BCUT2D eigenvalue weighted by atomic mass is 33.1. The second-order valence-electron chi connectivity index (χ2n) is 24.8. The summed E-state index contributed by atoms with van der Waals surface area (Å²) in [5, 5.41) is 36.5. The van der Waals surface area contributed by atoms with E-state index in [2.05, 4.69) is 107 Å². The second kappa shape index (κ2) is 23.8. The van der Waals surface area contributed by atoms with E-state index in [1.54, 1.807) is 20.3 Å². The number of hydrogen-bond donors (Lipinski definition) is 6. The van der Waals surface area contributed by atoms with Crippen LogP contribution in [0.15, 0.2) is 83.6 Å². The van der Waals surface area contributed by atoms with Crippen LogP contribution in [0.2, 0.25) is 0 Å². The van der Waals surface area contributed by atoms with Crippen molar-refractivity contribution < 1.29 is 38.7 Å². The van der Waals surface area contributed by atoms with Crippen molar-refractivity contribution in [2.24, 2.45) is 23.5 Å². The lowest BCUT2D eigenvalue weighted by atomic mass is 9.65. The maximum Gasteiger partial charge on any atom is 0.302 e. The Kier molecular flexibility index (Phi) is 16.1. The molecular formula is C69H78N4O8S2. The molecule has 14 heteroatoms. The Balaban J connectivity index is 1.10. The first kappa shape index (κ1) is 56.2. The third-order valence-electron chi connectivity index (χ3n) is 19.5. The van der Waals surface area contributed by atoms with E-state index < -0.39 is 35.6 Å². The Morgan fingerprint density at radius 1 is 0.988 bits per heavy atom. The van der Waals surface area contributed by atoms with Crippen LogP contribution in [-0.2, 0) is 39.1 Å². The maximum atomic E-state index is 13.6. The van der Waals surface area contributed by atoms with E-state index in [-0.39, 0.29) is 47.2 Å². The Labute approximate surface area is 497 Å². The van der Waals surface area contributed by atoms with E-state index in [1.807, 2.05) is 27.7 Å². The van der Waals surface area contributed by atoms with Gasteiger partial charge < -0.3 is 55.6 Å². The molecule has 6 heterocycles. The number of esters is 1. The van der Waals surface area contributed by atoms with Crippen molar-refractivity contribution in [3.05, 3.63) is 128 Å². The third-order valence-corrected chi connectivity index (χ3v) is 22.4. The molecule has 3 aliphatic carbocycles. The lowest BCUT2D eigenvalue weighted by Crippen LogP contribution is -2.52. The number of allylic oxidation sites excluding steroid dienone is 3. The lowest BCUT2D eigenvalue weighted by Gasteiger charge is -2.39. The molecule has 1 saturated heterocycles. The summed E-state index contributed by atoms with van der Waals surface area (Å²) in [6.45, 7) is 5.17. The van der Waals surface area contributed by atoms with Crippen LogP contribution in [0, 0.1) is 41.4 Å². The van der Waals surface area contributed by atoms with Gasteiger partial charge in [0, 0.05) is 90.3 Å². The summed E-state index contributed by atoms with van der Waals surface area (Å²) < 4.78 is 33.9. The van der Waals surface area contributed by atoms with Gasteiger partial charge in [-0.2, -0.15) is 0 Å². The van der Waals surface area contributed by atoms with Crippen molar-refractivity contribution in [2.75, 3.05) is 39.7 Å². The van der Waals surface area contributed by atoms with Gasteiger partial charge in [0.1, 0.15) is 42.0 Å². The zero-order chi connectivity index (χ0) is 56.9. The van der Waals surface area contributed by atoms with E-state index in [4.69, 9.17) is 29.4 Å². The average molecular weight is 1160 g/mol. The Bertz CT molecular complexity index is 3410. The maximum absolute atomic E-state index is 13.6. The first-order valence-electron chi connectivity index (χ1n) is 30.4. The van der Waals surface area contributed by atoms with Gasteiger partial charge in [0.25, 0.3) is 0 Å². The summed E-state index contributed by atoms with van der Waals surface area (Å²) in [5.74, 6) is 17.4. The quantitative estimate of drug-likeness (QED) is 0.0561. The molecule has 0 amide bonds. The van der Waals surface area contributed by atoms with E-state index in [0.29, 0.717) is 67.1 Å². The van der Waals surface area contributed by atoms with E-state index >= 15 is 0 Å². The number of carbonyl (C=O) groups excluding carboxylic acids is 1. The van der Waals surface area contributed by atoms with Crippen molar-refractivity contribution in [1.29, 1.82) is 0 Å². The number of ether oxygens (including phenoxy) is 5. The zero-order valence-corrected chi connectivity index (χ0v) is 49.9. The molecule has 7 N–H and O–H groups in total. The van der Waals surface area contributed by atoms with Crippen LogP contribution in [0.5, 0.6) is 28.7 Å². The summed E-state index contributed by atoms with van der Waals surface area (Å²) in [6, 6.07) is 18.8. The first-order valence-corrected chi connectivity index (χ1v) is 32.7. The van der Waals surface area contributed by atoms with Crippen LogP contribution in [-0.4, -0.2) is 85.5 Å². The number of benzene rings is 4. The molecule has 3 fully saturated rings. The largest absolute Gasteiger partial charge is 0.508 e. The molecule has 0 aromatic heterocycles. The highest BCUT2D eigenvalue weighted by molar-refractivity contribution is 8.77. The van der Waals surface area contributed by atoms with Gasteiger partial charge in [-0.05, 0) is 140 Å². The molecule has 4 aromatic carbocycles. The van der Waals surface area contributed by atoms with Crippen molar-refractivity contribution in [3.8, 4) is 63.6 Å². The van der Waals surface area contributed by atoms with Gasteiger partial charge >= 0.3 is 5.97 Å². The molecule has 6 aliphatic heterocycles. The number of dihydropyridines is 1. The van der Waals surface area contributed by atoms with Gasteiger partial charge in [-0.1, -0.05) is 107 Å². The van der Waals surface area contributed by atoms with Gasteiger partial charge in [-0.25, -0.2) is 0 Å². The number of phenolic OH excluding ortho intramolecular Hbond substituents is 2. The van der Waals surface area contributed by atoms with E-state index in [1.165, 1.54) is 25.3 Å². The lowest BCUT2D eigenvalue weighted by molar-refractivity contribution is -0.141. The summed E-state index contributed by atoms with van der Waals surface area (Å²) in [5.41, 5.74) is 18.9. The molecule has 9 aliphatic rings. The molecule has 434 valence electrons. The van der Waals surface area contributed by atoms with Crippen LogP contribution in [0.4, 0.5) is 0 Å². The molecule has 2 saturated carbocycles. The molecule has 83 heavy (non-hydrogen) atoms. The highest BCUT2D eigenvalue weighted by Gasteiger charge is 2.52. The number of rotatable bonds is 8. The van der Waals surface area contributed by atoms with Gasteiger partial charge in [-0.15, -0.1) is 5.92 Å². The van der Waals surface area contributed by atoms with Crippen LogP contribution < -0.4 is 35.9 Å². The van der Waals surface area contributed by atoms with E-state index in [9.17, 15) is 15.0 Å². The Hall–Kier alpha value is -5.97. The van der Waals surface area contributed by atoms with Crippen LogP contribution in [0.1, 0.15) is 147 Å². The molecule has 0 radical (unpaired) electrons. The number of hydrogen-bond acceptors (Lipinski definition) is 14. The molecule has 6 bridgehead atoms. The highest BCUT2D eigenvalue weighted by Crippen LogP contribution is 2.64. The molecule has 12 atom stereocenters. The summed E-state index contributed by atoms with van der Waals surface area (Å²) in [6.07, 6.45) is 16.9. The van der Waals surface area contributed by atoms with Crippen molar-refractivity contribution in [2.45, 2.75) is 157 Å². The minimum absolute atomic E-state index is 0.00763. The van der Waals surface area contributed by atoms with Crippen molar-refractivity contribution >= 4 is 33.6 Å². The first-order chi connectivity index (χ1) is 40.5. The van der Waals surface area contributed by atoms with Gasteiger partial charge in [-0.3, -0.25) is 4.79 Å². The summed E-state index contributed by atoms with van der Waals surface area (Å²) in [7, 11) is 7.30. The number of phenols is 2. The molecule has 1 spiro atoms. The normalized spacial score (nSPS) is 30.2. The molecule has 13 rings (SSSR count). The zero-order valence-electron chi connectivity index (χ0n) is 48.2. The van der Waals surface area contributed by atoms with E-state index in [0.717, 1.165) is 125 Å². The van der Waals surface area contributed by atoms with Crippen molar-refractivity contribution in [1.82, 2.24) is 16.0 Å². The monoisotopic (exact) mass is 1150 g/mol. The average Bonchev–Trinajstić information content (AvgIpc) is 1.81. The van der Waals surface area contributed by atoms with Gasteiger partial charge in [0.2, 0.25) is 0 Å². The third kappa shape index (κ3) is 10.8. The van der Waals surface area contributed by atoms with Crippen molar-refractivity contribution in [3.63, 3.8) is 0 Å². The van der Waals surface area contributed by atoms with Gasteiger partial charge in [0.05, 0.1) is 36.2 Å². The smallest absolute Gasteiger partial charge is 0.302 e. The predicted molar refractivity (Wildman–Crippen MR) is 329 cm³/mol. The predicted octanol–water partition coefficient (Wildman–Crippen LogP) is 11.6.